The van der Waals surface area contributed by atoms with Crippen LogP contribution in [-0.2, 0) is 11.3 Å². The van der Waals surface area contributed by atoms with Crippen LogP contribution in [0.15, 0.2) is 48.5 Å². The summed E-state index contributed by atoms with van der Waals surface area (Å²) in [6, 6.07) is 14.3. The molecule has 0 unspecified atom stereocenters. The van der Waals surface area contributed by atoms with E-state index in [2.05, 4.69) is 16.6 Å². The van der Waals surface area contributed by atoms with E-state index in [1.165, 1.54) is 0 Å². The number of hydrogen-bond donors (Lipinski definition) is 2. The zero-order valence-electron chi connectivity index (χ0n) is 11.7. The lowest BCUT2D eigenvalue weighted by atomic mass is 10.2. The molecule has 0 spiro atoms. The van der Waals surface area contributed by atoms with Crippen LogP contribution in [0.1, 0.15) is 11.1 Å². The minimum absolute atomic E-state index is 0.326. The Morgan fingerprint density at radius 2 is 2.00 bits per heavy atom. The zero-order chi connectivity index (χ0) is 15.1. The predicted octanol–water partition coefficient (Wildman–Crippen LogP) is 3.46. The Balaban J connectivity index is 2.06. The monoisotopic (exact) mass is 280 g/mol. The highest BCUT2D eigenvalue weighted by Crippen LogP contribution is 2.17. The fraction of sp³-hybridized carbons (Fsp3) is 0.118. The number of para-hydroxylation sites is 1. The molecule has 2 aromatic rings. The van der Waals surface area contributed by atoms with Crippen LogP contribution in [0, 0.1) is 12.3 Å². The van der Waals surface area contributed by atoms with Crippen molar-refractivity contribution < 1.29 is 9.53 Å². The fourth-order valence-corrected chi connectivity index (χ4v) is 1.90. The lowest BCUT2D eigenvalue weighted by molar-refractivity contribution is 0.185. The first-order chi connectivity index (χ1) is 10.2. The normalized spacial score (nSPS) is 9.71. The molecule has 0 fully saturated rings. The van der Waals surface area contributed by atoms with Crippen LogP contribution in [-0.4, -0.2) is 13.1 Å². The number of urea groups is 1. The smallest absolute Gasteiger partial charge is 0.323 e. The van der Waals surface area contributed by atoms with Crippen molar-refractivity contribution in [3.05, 3.63) is 59.7 Å². The summed E-state index contributed by atoms with van der Waals surface area (Å²) in [6.07, 6.45) is 5.33. The summed E-state index contributed by atoms with van der Waals surface area (Å²) in [6.45, 7) is 0.434. The van der Waals surface area contributed by atoms with E-state index in [0.29, 0.717) is 23.5 Å². The summed E-state index contributed by atoms with van der Waals surface area (Å²) in [7, 11) is 1.61. The van der Waals surface area contributed by atoms with Crippen LogP contribution in [0.3, 0.4) is 0 Å². The highest BCUT2D eigenvalue weighted by molar-refractivity contribution is 6.00. The molecule has 0 radical (unpaired) electrons. The number of methoxy groups -OCH3 is 1. The quantitative estimate of drug-likeness (QED) is 0.843. The van der Waals surface area contributed by atoms with Gasteiger partial charge in [-0.3, -0.25) is 0 Å². The van der Waals surface area contributed by atoms with Crippen molar-refractivity contribution in [2.45, 2.75) is 6.61 Å². The van der Waals surface area contributed by atoms with Crippen LogP contribution in [0.5, 0.6) is 0 Å². The molecule has 21 heavy (non-hydrogen) atoms. The molecule has 0 bridgehead atoms. The van der Waals surface area contributed by atoms with Crippen LogP contribution >= 0.6 is 0 Å². The Morgan fingerprint density at radius 3 is 2.76 bits per heavy atom. The third-order valence-corrected chi connectivity index (χ3v) is 2.85. The molecule has 0 aromatic heterocycles. The predicted molar refractivity (Wildman–Crippen MR) is 84.2 cm³/mol. The second-order valence-electron chi connectivity index (χ2n) is 4.39. The summed E-state index contributed by atoms with van der Waals surface area (Å²) in [5.41, 5.74) is 2.98. The third-order valence-electron chi connectivity index (χ3n) is 2.85. The lowest BCUT2D eigenvalue weighted by Gasteiger charge is -2.11. The van der Waals surface area contributed by atoms with Gasteiger partial charge in [0.1, 0.15) is 0 Å². The average Bonchev–Trinajstić information content (AvgIpc) is 2.49. The number of terminal acetylenes is 1. The molecule has 0 aliphatic heterocycles. The Labute approximate surface area is 124 Å². The zero-order valence-corrected chi connectivity index (χ0v) is 11.7. The first kappa shape index (κ1) is 14.6. The molecule has 2 N–H and O–H groups in total. The topological polar surface area (TPSA) is 50.4 Å². The molecule has 0 heterocycles. The Kier molecular flexibility index (Phi) is 4.97. The van der Waals surface area contributed by atoms with Crippen molar-refractivity contribution in [2.75, 3.05) is 17.7 Å². The largest absolute Gasteiger partial charge is 0.380 e. The van der Waals surface area contributed by atoms with Crippen LogP contribution in [0.25, 0.3) is 0 Å². The number of ether oxygens (including phenoxy) is 1. The maximum absolute atomic E-state index is 12.0. The van der Waals surface area contributed by atoms with Gasteiger partial charge in [-0.2, -0.15) is 0 Å². The molecular weight excluding hydrogens is 264 g/mol. The van der Waals surface area contributed by atoms with Gasteiger partial charge in [0.2, 0.25) is 0 Å². The third kappa shape index (κ3) is 4.10. The number of nitrogens with one attached hydrogen (secondary N) is 2. The summed E-state index contributed by atoms with van der Waals surface area (Å²) in [5.74, 6) is 2.53. The van der Waals surface area contributed by atoms with Crippen LogP contribution < -0.4 is 10.6 Å². The molecule has 0 aliphatic rings. The van der Waals surface area contributed by atoms with E-state index in [4.69, 9.17) is 11.2 Å². The van der Waals surface area contributed by atoms with Crippen molar-refractivity contribution in [3.8, 4) is 12.3 Å². The molecule has 106 valence electrons. The van der Waals surface area contributed by atoms with Gasteiger partial charge in [-0.05, 0) is 24.3 Å². The van der Waals surface area contributed by atoms with Crippen LogP contribution in [0.2, 0.25) is 0 Å². The summed E-state index contributed by atoms with van der Waals surface area (Å²) in [5, 5.41) is 5.55. The number of hydrogen-bond acceptors (Lipinski definition) is 2. The van der Waals surface area contributed by atoms with Gasteiger partial charge in [-0.15, -0.1) is 6.42 Å². The first-order valence-corrected chi connectivity index (χ1v) is 6.44. The molecule has 0 aliphatic carbocycles. The van der Waals surface area contributed by atoms with Crippen molar-refractivity contribution in [2.24, 2.45) is 0 Å². The number of amides is 2. The SMILES string of the molecule is C#Cc1cccc(NC(=O)Nc2ccccc2COC)c1. The molecule has 0 saturated heterocycles. The molecule has 2 amide bonds. The van der Waals surface area contributed by atoms with Gasteiger partial charge in [-0.1, -0.05) is 30.2 Å². The number of anilines is 2. The Morgan fingerprint density at radius 1 is 1.19 bits per heavy atom. The van der Waals surface area contributed by atoms with Gasteiger partial charge >= 0.3 is 6.03 Å². The van der Waals surface area contributed by atoms with Crippen molar-refractivity contribution in [3.63, 3.8) is 0 Å². The van der Waals surface area contributed by atoms with Crippen molar-refractivity contribution in [1.29, 1.82) is 0 Å². The van der Waals surface area contributed by atoms with E-state index >= 15 is 0 Å². The van der Waals surface area contributed by atoms with E-state index in [1.807, 2.05) is 24.3 Å². The van der Waals surface area contributed by atoms with Gasteiger partial charge in [0.25, 0.3) is 0 Å². The minimum Gasteiger partial charge on any atom is -0.380 e. The highest BCUT2D eigenvalue weighted by Gasteiger charge is 2.06. The van der Waals surface area contributed by atoms with E-state index in [-0.39, 0.29) is 6.03 Å². The molecular formula is C17H16N2O2. The second kappa shape index (κ2) is 7.13. The van der Waals surface area contributed by atoms with E-state index < -0.39 is 0 Å². The van der Waals surface area contributed by atoms with E-state index in [0.717, 1.165) is 5.56 Å². The molecule has 0 atom stereocenters. The van der Waals surface area contributed by atoms with Gasteiger partial charge in [0.15, 0.2) is 0 Å². The molecule has 2 rings (SSSR count). The van der Waals surface area contributed by atoms with Gasteiger partial charge in [0.05, 0.1) is 6.61 Å². The van der Waals surface area contributed by atoms with E-state index in [1.54, 1.807) is 31.4 Å². The maximum atomic E-state index is 12.0. The molecule has 0 saturated carbocycles. The Hall–Kier alpha value is -2.77. The van der Waals surface area contributed by atoms with Gasteiger partial charge in [-0.25, -0.2) is 4.79 Å². The summed E-state index contributed by atoms with van der Waals surface area (Å²) < 4.78 is 5.10. The molecule has 2 aromatic carbocycles. The maximum Gasteiger partial charge on any atom is 0.323 e. The fourth-order valence-electron chi connectivity index (χ4n) is 1.90. The van der Waals surface area contributed by atoms with Gasteiger partial charge < -0.3 is 15.4 Å². The summed E-state index contributed by atoms with van der Waals surface area (Å²) >= 11 is 0. The van der Waals surface area contributed by atoms with E-state index in [9.17, 15) is 4.79 Å². The molecule has 4 heteroatoms. The highest BCUT2D eigenvalue weighted by atomic mass is 16.5. The number of rotatable bonds is 4. The molecule has 4 nitrogen and oxygen atoms in total. The first-order valence-electron chi connectivity index (χ1n) is 6.44. The second-order valence-corrected chi connectivity index (χ2v) is 4.39. The standard InChI is InChI=1S/C17H16N2O2/c1-3-13-7-6-9-15(11-13)18-17(20)19-16-10-5-4-8-14(16)12-21-2/h1,4-11H,12H2,2H3,(H2,18,19,20). The van der Waals surface area contributed by atoms with Crippen molar-refractivity contribution >= 4 is 17.4 Å². The minimum atomic E-state index is -0.326. The number of carbonyl (C=O) groups is 1. The average molecular weight is 280 g/mol. The Bertz CT molecular complexity index is 674. The van der Waals surface area contributed by atoms with Gasteiger partial charge in [0, 0.05) is 29.6 Å². The van der Waals surface area contributed by atoms with Crippen LogP contribution in [0.4, 0.5) is 16.2 Å². The lowest BCUT2D eigenvalue weighted by Crippen LogP contribution is -2.20. The van der Waals surface area contributed by atoms with Crippen molar-refractivity contribution in [1.82, 2.24) is 0 Å². The number of benzene rings is 2. The summed E-state index contributed by atoms with van der Waals surface area (Å²) in [4.78, 5) is 12.0. The number of carbonyl (C=O) groups excluding carboxylic acids is 1.